The van der Waals surface area contributed by atoms with Gasteiger partial charge in [0.1, 0.15) is 5.82 Å². The lowest BCUT2D eigenvalue weighted by molar-refractivity contribution is 0.764. The zero-order valence-electron chi connectivity index (χ0n) is 26.7. The lowest BCUT2D eigenvalue weighted by atomic mass is 9.96. The van der Waals surface area contributed by atoms with E-state index < -0.39 is 0 Å². The quantitative estimate of drug-likeness (QED) is 0.167. The molecule has 0 radical (unpaired) electrons. The third-order valence-electron chi connectivity index (χ3n) is 8.82. The number of nitrogens with two attached hydrogens (primary N) is 2. The van der Waals surface area contributed by atoms with E-state index in [1.807, 2.05) is 60.7 Å². The minimum absolute atomic E-state index is 0.0797. The average molecular weight is 652 g/mol. The van der Waals surface area contributed by atoms with Crippen molar-refractivity contribution in [3.8, 4) is 33.9 Å². The predicted molar refractivity (Wildman–Crippen MR) is 205 cm³/mol. The Morgan fingerprint density at radius 1 is 0.612 bits per heavy atom. The van der Waals surface area contributed by atoms with E-state index in [2.05, 4.69) is 97.1 Å². The Hall–Kier alpha value is -6.11. The van der Waals surface area contributed by atoms with Crippen LogP contribution < -0.4 is 11.5 Å². The molecule has 1 atom stereocenters. The van der Waals surface area contributed by atoms with Crippen LogP contribution in [0.3, 0.4) is 0 Å². The first kappa shape index (κ1) is 30.2. The number of rotatable bonds is 7. The Labute approximate surface area is 289 Å². The Kier molecular flexibility index (Phi) is 8.14. The lowest BCUT2D eigenvalue weighted by Gasteiger charge is -2.15. The molecule has 2 heterocycles. The number of nitrogens with zero attached hydrogens (tertiary/aromatic N) is 3. The Balaban J connectivity index is 1.24. The molecule has 1 aliphatic rings. The van der Waals surface area contributed by atoms with Gasteiger partial charge in [0, 0.05) is 48.6 Å². The molecular formula is C43H33N5S. The third-order valence-corrected chi connectivity index (χ3v) is 9.94. The fourth-order valence-electron chi connectivity index (χ4n) is 6.22. The molecule has 7 aromatic rings. The highest BCUT2D eigenvalue weighted by molar-refractivity contribution is 7.26. The van der Waals surface area contributed by atoms with Crippen molar-refractivity contribution in [2.45, 2.75) is 12.3 Å². The Bertz CT molecular complexity index is 2420. The van der Waals surface area contributed by atoms with Gasteiger partial charge in [-0.2, -0.15) is 0 Å². The smallest absolute Gasteiger partial charge is 0.164 e. The molecule has 2 aromatic heterocycles. The fraction of sp³-hybridized carbons (Fsp3) is 0.0465. The standard InChI is InChI=1S/C43H33N5S/c44-36(29-12-4-1-5-13-29)24-25-37(45)30-22-20-28(21-23-30)33-26-35(40-34-18-10-11-19-38(34)49-39(40)27-33)43-47-41(31-14-6-2-7-15-31)46-42(48-43)32-16-8-3-9-17-32/h1-16,18-27,32H,17,44-45H2/b36-24-,37-25-. The van der Waals surface area contributed by atoms with Crippen LogP contribution in [0.1, 0.15) is 29.3 Å². The van der Waals surface area contributed by atoms with Gasteiger partial charge >= 0.3 is 0 Å². The maximum atomic E-state index is 6.50. The second-order valence-corrected chi connectivity index (χ2v) is 13.1. The summed E-state index contributed by atoms with van der Waals surface area (Å²) in [6.45, 7) is 0. The normalized spacial score (nSPS) is 14.9. The van der Waals surface area contributed by atoms with Gasteiger partial charge in [0.05, 0.1) is 0 Å². The molecule has 0 saturated carbocycles. The predicted octanol–water partition coefficient (Wildman–Crippen LogP) is 10.1. The molecule has 1 aliphatic carbocycles. The summed E-state index contributed by atoms with van der Waals surface area (Å²) >= 11 is 1.79. The second-order valence-electron chi connectivity index (χ2n) is 12.0. The SMILES string of the molecule is N/C(=C\C=C(/N)c1ccc(-c2cc(-c3nc(-c4ccccc4)nc(C4C=CC=CC4)n3)c3c(c2)sc2ccccc23)cc1)c1ccccc1. The summed E-state index contributed by atoms with van der Waals surface area (Å²) in [4.78, 5) is 15.3. The van der Waals surface area contributed by atoms with Crippen molar-refractivity contribution < 1.29 is 0 Å². The molecule has 5 nitrogen and oxygen atoms in total. The minimum Gasteiger partial charge on any atom is -0.398 e. The molecule has 0 saturated heterocycles. The molecule has 236 valence electrons. The topological polar surface area (TPSA) is 90.7 Å². The molecule has 0 bridgehead atoms. The van der Waals surface area contributed by atoms with Crippen LogP contribution in [0.25, 0.3) is 65.5 Å². The summed E-state index contributed by atoms with van der Waals surface area (Å²) < 4.78 is 2.41. The summed E-state index contributed by atoms with van der Waals surface area (Å²) in [5.41, 5.74) is 20.1. The summed E-state index contributed by atoms with van der Waals surface area (Å²) in [5, 5.41) is 2.36. The molecule has 0 aliphatic heterocycles. The van der Waals surface area contributed by atoms with Crippen molar-refractivity contribution in [1.29, 1.82) is 0 Å². The van der Waals surface area contributed by atoms with Gasteiger partial charge in [-0.1, -0.05) is 127 Å². The molecule has 0 spiro atoms. The van der Waals surface area contributed by atoms with Crippen LogP contribution in [0.15, 0.2) is 158 Å². The van der Waals surface area contributed by atoms with Gasteiger partial charge in [0.2, 0.25) is 0 Å². The maximum absolute atomic E-state index is 6.50. The molecule has 1 unspecified atom stereocenters. The van der Waals surface area contributed by atoms with E-state index in [9.17, 15) is 0 Å². The molecule has 5 aromatic carbocycles. The van der Waals surface area contributed by atoms with Gasteiger partial charge in [-0.05, 0) is 59.0 Å². The summed E-state index contributed by atoms with van der Waals surface area (Å²) in [5.74, 6) is 2.20. The number of fused-ring (bicyclic) bond motifs is 3. The van der Waals surface area contributed by atoms with E-state index in [-0.39, 0.29) is 5.92 Å². The van der Waals surface area contributed by atoms with Crippen LogP contribution in [0.4, 0.5) is 0 Å². The summed E-state index contributed by atoms with van der Waals surface area (Å²) in [7, 11) is 0. The van der Waals surface area contributed by atoms with E-state index in [4.69, 9.17) is 26.4 Å². The first-order chi connectivity index (χ1) is 24.1. The number of hydrogen-bond donors (Lipinski definition) is 2. The molecule has 0 amide bonds. The van der Waals surface area contributed by atoms with Gasteiger partial charge in [-0.25, -0.2) is 15.0 Å². The van der Waals surface area contributed by atoms with Crippen LogP contribution in [-0.4, -0.2) is 15.0 Å². The van der Waals surface area contributed by atoms with E-state index in [0.29, 0.717) is 23.0 Å². The van der Waals surface area contributed by atoms with E-state index >= 15 is 0 Å². The van der Waals surface area contributed by atoms with Crippen molar-refractivity contribution in [3.63, 3.8) is 0 Å². The zero-order chi connectivity index (χ0) is 33.2. The largest absolute Gasteiger partial charge is 0.398 e. The number of hydrogen-bond acceptors (Lipinski definition) is 6. The van der Waals surface area contributed by atoms with Crippen LogP contribution in [0.2, 0.25) is 0 Å². The summed E-state index contributed by atoms with van der Waals surface area (Å²) in [6.07, 6.45) is 13.1. The fourth-order valence-corrected chi connectivity index (χ4v) is 7.39. The highest BCUT2D eigenvalue weighted by Gasteiger charge is 2.21. The van der Waals surface area contributed by atoms with Crippen molar-refractivity contribution in [1.82, 2.24) is 15.0 Å². The first-order valence-electron chi connectivity index (χ1n) is 16.3. The summed E-state index contributed by atoms with van der Waals surface area (Å²) in [6, 6.07) is 41.4. The Morgan fingerprint density at radius 3 is 2.02 bits per heavy atom. The number of thiophene rings is 1. The monoisotopic (exact) mass is 651 g/mol. The van der Waals surface area contributed by atoms with Crippen molar-refractivity contribution in [2.24, 2.45) is 11.5 Å². The first-order valence-corrected chi connectivity index (χ1v) is 17.1. The van der Waals surface area contributed by atoms with Gasteiger partial charge in [-0.3, -0.25) is 0 Å². The van der Waals surface area contributed by atoms with Gasteiger partial charge in [0.25, 0.3) is 0 Å². The van der Waals surface area contributed by atoms with Crippen molar-refractivity contribution in [3.05, 3.63) is 175 Å². The highest BCUT2D eigenvalue weighted by Crippen LogP contribution is 2.42. The van der Waals surface area contributed by atoms with Crippen molar-refractivity contribution in [2.75, 3.05) is 0 Å². The molecule has 49 heavy (non-hydrogen) atoms. The van der Waals surface area contributed by atoms with E-state index in [1.165, 1.54) is 14.8 Å². The van der Waals surface area contributed by atoms with E-state index in [0.717, 1.165) is 51.0 Å². The highest BCUT2D eigenvalue weighted by atomic mass is 32.1. The van der Waals surface area contributed by atoms with Crippen LogP contribution in [-0.2, 0) is 0 Å². The van der Waals surface area contributed by atoms with Crippen LogP contribution in [0.5, 0.6) is 0 Å². The van der Waals surface area contributed by atoms with E-state index in [1.54, 1.807) is 11.3 Å². The number of aromatic nitrogens is 3. The Morgan fingerprint density at radius 2 is 1.29 bits per heavy atom. The zero-order valence-corrected chi connectivity index (χ0v) is 27.5. The van der Waals surface area contributed by atoms with Gasteiger partial charge < -0.3 is 11.5 Å². The lowest BCUT2D eigenvalue weighted by Crippen LogP contribution is -2.08. The molecule has 4 N–H and O–H groups in total. The third kappa shape index (κ3) is 6.18. The maximum Gasteiger partial charge on any atom is 0.164 e. The van der Waals surface area contributed by atoms with Crippen LogP contribution >= 0.6 is 11.3 Å². The molecule has 6 heteroatoms. The number of allylic oxidation sites excluding steroid dienone is 6. The van der Waals surface area contributed by atoms with Gasteiger partial charge in [-0.15, -0.1) is 11.3 Å². The van der Waals surface area contributed by atoms with Crippen LogP contribution in [0, 0.1) is 0 Å². The van der Waals surface area contributed by atoms with Crippen molar-refractivity contribution >= 4 is 42.9 Å². The van der Waals surface area contributed by atoms with Gasteiger partial charge in [0.15, 0.2) is 11.6 Å². The molecule has 8 rings (SSSR count). The number of benzene rings is 5. The minimum atomic E-state index is 0.0797. The average Bonchev–Trinajstić information content (AvgIpc) is 3.56. The molecular weight excluding hydrogens is 619 g/mol. The molecule has 0 fully saturated rings. The second kappa shape index (κ2) is 13.2.